The van der Waals surface area contributed by atoms with E-state index in [0.717, 1.165) is 32.7 Å². The molecular formula is C19H18N4OS. The average molecular weight is 350 g/mol. The number of nitrogens with zero attached hydrogens (tertiary/aromatic N) is 4. The van der Waals surface area contributed by atoms with Gasteiger partial charge in [0.25, 0.3) is 0 Å². The Labute approximate surface area is 149 Å². The van der Waals surface area contributed by atoms with Crippen molar-refractivity contribution in [3.05, 3.63) is 64.2 Å². The molecule has 2 heterocycles. The minimum absolute atomic E-state index is 0.420. The highest BCUT2D eigenvalue weighted by Crippen LogP contribution is 2.25. The molecule has 0 radical (unpaired) electrons. The van der Waals surface area contributed by atoms with Gasteiger partial charge in [0.05, 0.1) is 0 Å². The van der Waals surface area contributed by atoms with Gasteiger partial charge in [0.15, 0.2) is 10.8 Å². The fraction of sp³-hybridized carbons (Fsp3) is 0.211. The Morgan fingerprint density at radius 3 is 2.60 bits per heavy atom. The van der Waals surface area contributed by atoms with Gasteiger partial charge in [-0.25, -0.2) is 0 Å². The van der Waals surface area contributed by atoms with Crippen LogP contribution in [0.1, 0.15) is 21.7 Å². The van der Waals surface area contributed by atoms with E-state index < -0.39 is 0 Å². The SMILES string of the molecule is Cc1ccc(OCc2nn3c(-c4ccccc4C)nnc3s2)cc1C. The molecule has 0 saturated carbocycles. The molecule has 5 nitrogen and oxygen atoms in total. The minimum Gasteiger partial charge on any atom is -0.486 e. The van der Waals surface area contributed by atoms with Crippen LogP contribution in [0, 0.1) is 20.8 Å². The summed E-state index contributed by atoms with van der Waals surface area (Å²) in [7, 11) is 0. The average Bonchev–Trinajstić information content (AvgIpc) is 3.17. The summed E-state index contributed by atoms with van der Waals surface area (Å²) < 4.78 is 7.68. The second-order valence-corrected chi connectivity index (χ2v) is 7.10. The Bertz CT molecular complexity index is 1050. The lowest BCUT2D eigenvalue weighted by Crippen LogP contribution is -1.98. The maximum absolute atomic E-state index is 5.88. The molecule has 4 rings (SSSR count). The first-order valence-electron chi connectivity index (χ1n) is 8.09. The topological polar surface area (TPSA) is 52.3 Å². The van der Waals surface area contributed by atoms with Gasteiger partial charge in [-0.05, 0) is 49.6 Å². The van der Waals surface area contributed by atoms with Crippen LogP contribution >= 0.6 is 11.3 Å². The summed E-state index contributed by atoms with van der Waals surface area (Å²) in [4.78, 5) is 0.775. The van der Waals surface area contributed by atoms with Gasteiger partial charge in [0.1, 0.15) is 12.4 Å². The molecule has 0 aliphatic carbocycles. The third-order valence-electron chi connectivity index (χ3n) is 4.26. The maximum atomic E-state index is 5.88. The Hall–Kier alpha value is -2.73. The molecule has 0 atom stereocenters. The normalized spacial score (nSPS) is 11.2. The van der Waals surface area contributed by atoms with Gasteiger partial charge < -0.3 is 4.74 Å². The molecule has 2 aromatic carbocycles. The molecule has 0 bridgehead atoms. The second kappa shape index (κ2) is 6.29. The van der Waals surface area contributed by atoms with Gasteiger partial charge >= 0.3 is 0 Å². The number of aromatic nitrogens is 4. The minimum atomic E-state index is 0.420. The van der Waals surface area contributed by atoms with Crippen LogP contribution < -0.4 is 4.74 Å². The number of fused-ring (bicyclic) bond motifs is 1. The molecule has 0 N–H and O–H groups in total. The van der Waals surface area contributed by atoms with Crippen LogP contribution in [-0.4, -0.2) is 19.8 Å². The molecule has 0 saturated heterocycles. The smallest absolute Gasteiger partial charge is 0.235 e. The molecule has 0 aliphatic rings. The van der Waals surface area contributed by atoms with Crippen molar-refractivity contribution in [1.29, 1.82) is 0 Å². The van der Waals surface area contributed by atoms with Crippen molar-refractivity contribution in [3.8, 4) is 17.1 Å². The Morgan fingerprint density at radius 1 is 0.960 bits per heavy atom. The zero-order chi connectivity index (χ0) is 17.4. The first-order valence-corrected chi connectivity index (χ1v) is 8.90. The van der Waals surface area contributed by atoms with Crippen molar-refractivity contribution >= 4 is 16.3 Å². The van der Waals surface area contributed by atoms with E-state index in [4.69, 9.17) is 4.74 Å². The van der Waals surface area contributed by atoms with E-state index in [1.54, 1.807) is 4.52 Å². The Balaban J connectivity index is 1.60. The van der Waals surface area contributed by atoms with Crippen molar-refractivity contribution in [2.45, 2.75) is 27.4 Å². The third kappa shape index (κ3) is 3.00. The van der Waals surface area contributed by atoms with Crippen LogP contribution in [0.15, 0.2) is 42.5 Å². The lowest BCUT2D eigenvalue weighted by Gasteiger charge is -2.06. The number of rotatable bonds is 4. The van der Waals surface area contributed by atoms with Crippen molar-refractivity contribution in [3.63, 3.8) is 0 Å². The highest BCUT2D eigenvalue weighted by Gasteiger charge is 2.15. The zero-order valence-electron chi connectivity index (χ0n) is 14.4. The van der Waals surface area contributed by atoms with Crippen LogP contribution in [0.25, 0.3) is 16.3 Å². The number of benzene rings is 2. The molecule has 25 heavy (non-hydrogen) atoms. The lowest BCUT2D eigenvalue weighted by molar-refractivity contribution is 0.304. The summed E-state index contributed by atoms with van der Waals surface area (Å²) in [6.07, 6.45) is 0. The summed E-state index contributed by atoms with van der Waals surface area (Å²) in [6.45, 7) is 6.66. The van der Waals surface area contributed by atoms with E-state index in [1.165, 1.54) is 22.5 Å². The van der Waals surface area contributed by atoms with E-state index in [0.29, 0.717) is 6.61 Å². The first kappa shape index (κ1) is 15.8. The highest BCUT2D eigenvalue weighted by atomic mass is 32.1. The summed E-state index contributed by atoms with van der Waals surface area (Å²) in [5.41, 5.74) is 4.67. The van der Waals surface area contributed by atoms with Gasteiger partial charge in [0, 0.05) is 5.56 Å². The second-order valence-electron chi connectivity index (χ2n) is 6.06. The van der Waals surface area contributed by atoms with Crippen LogP contribution in [-0.2, 0) is 6.61 Å². The maximum Gasteiger partial charge on any atom is 0.235 e. The first-order chi connectivity index (χ1) is 12.1. The fourth-order valence-electron chi connectivity index (χ4n) is 2.66. The van der Waals surface area contributed by atoms with E-state index in [-0.39, 0.29) is 0 Å². The van der Waals surface area contributed by atoms with Crippen LogP contribution in [0.3, 0.4) is 0 Å². The van der Waals surface area contributed by atoms with Gasteiger partial charge in [0.2, 0.25) is 4.96 Å². The predicted molar refractivity (Wildman–Crippen MR) is 99.1 cm³/mol. The fourth-order valence-corrected chi connectivity index (χ4v) is 3.40. The quantitative estimate of drug-likeness (QED) is 0.549. The molecule has 2 aromatic heterocycles. The number of aryl methyl sites for hydroxylation is 3. The Kier molecular flexibility index (Phi) is 3.97. The van der Waals surface area contributed by atoms with Crippen LogP contribution in [0.2, 0.25) is 0 Å². The van der Waals surface area contributed by atoms with Crippen molar-refractivity contribution < 1.29 is 4.74 Å². The zero-order valence-corrected chi connectivity index (χ0v) is 15.2. The molecule has 126 valence electrons. The molecule has 0 aliphatic heterocycles. The highest BCUT2D eigenvalue weighted by molar-refractivity contribution is 7.16. The summed E-state index contributed by atoms with van der Waals surface area (Å²) in [6, 6.07) is 14.2. The molecule has 0 spiro atoms. The van der Waals surface area contributed by atoms with E-state index >= 15 is 0 Å². The molecule has 4 aromatic rings. The lowest BCUT2D eigenvalue weighted by atomic mass is 10.1. The van der Waals surface area contributed by atoms with E-state index in [9.17, 15) is 0 Å². The Morgan fingerprint density at radius 2 is 1.80 bits per heavy atom. The van der Waals surface area contributed by atoms with Crippen LogP contribution in [0.4, 0.5) is 0 Å². The van der Waals surface area contributed by atoms with Gasteiger partial charge in [-0.3, -0.25) is 0 Å². The van der Waals surface area contributed by atoms with Crippen molar-refractivity contribution in [2.75, 3.05) is 0 Å². The van der Waals surface area contributed by atoms with Crippen molar-refractivity contribution in [2.24, 2.45) is 0 Å². The van der Waals surface area contributed by atoms with E-state index in [2.05, 4.69) is 48.2 Å². The van der Waals surface area contributed by atoms with E-state index in [1.807, 2.05) is 30.3 Å². The van der Waals surface area contributed by atoms with Gasteiger partial charge in [-0.15, -0.1) is 10.2 Å². The third-order valence-corrected chi connectivity index (χ3v) is 5.13. The summed E-state index contributed by atoms with van der Waals surface area (Å²) >= 11 is 1.50. The summed E-state index contributed by atoms with van der Waals surface area (Å²) in [5, 5.41) is 14.0. The summed E-state index contributed by atoms with van der Waals surface area (Å²) in [5.74, 6) is 1.62. The predicted octanol–water partition coefficient (Wildman–Crippen LogP) is 4.36. The molecule has 0 amide bonds. The molecule has 0 fully saturated rings. The largest absolute Gasteiger partial charge is 0.486 e. The number of hydrogen-bond acceptors (Lipinski definition) is 5. The number of hydrogen-bond donors (Lipinski definition) is 0. The van der Waals surface area contributed by atoms with Gasteiger partial charge in [-0.2, -0.15) is 9.61 Å². The molecule has 6 heteroatoms. The molecular weight excluding hydrogens is 332 g/mol. The van der Waals surface area contributed by atoms with Gasteiger partial charge in [-0.1, -0.05) is 41.7 Å². The monoisotopic (exact) mass is 350 g/mol. The van der Waals surface area contributed by atoms with Crippen LogP contribution in [0.5, 0.6) is 5.75 Å². The standard InChI is InChI=1S/C19H18N4OS/c1-12-8-9-15(10-14(12)3)24-11-17-22-23-18(20-21-19(23)25-17)16-7-5-4-6-13(16)2/h4-10H,11H2,1-3H3. The molecule has 0 unspecified atom stereocenters. The number of ether oxygens (including phenoxy) is 1. The van der Waals surface area contributed by atoms with Crippen molar-refractivity contribution in [1.82, 2.24) is 19.8 Å².